The number of ether oxygens (including phenoxy) is 3. The molecule has 3 aromatic carbocycles. The first kappa shape index (κ1) is 26.9. The Morgan fingerprint density at radius 2 is 1.80 bits per heavy atom. The summed E-state index contributed by atoms with van der Waals surface area (Å²) in [5.74, 6) is -0.368. The predicted octanol–water partition coefficient (Wildman–Crippen LogP) is 6.84. The van der Waals surface area contributed by atoms with Crippen LogP contribution in [0, 0.1) is 6.92 Å². The zero-order valence-corrected chi connectivity index (χ0v) is 21.8. The molecule has 5 rings (SSSR count). The van der Waals surface area contributed by atoms with Crippen molar-refractivity contribution in [1.29, 1.82) is 0 Å². The summed E-state index contributed by atoms with van der Waals surface area (Å²) in [4.78, 5) is 15.8. The Morgan fingerprint density at radius 1 is 1.02 bits per heavy atom. The maximum Gasteiger partial charge on any atom is 0.573 e. The molecule has 0 fully saturated rings. The van der Waals surface area contributed by atoms with Gasteiger partial charge in [0.05, 0.1) is 30.0 Å². The van der Waals surface area contributed by atoms with Crippen LogP contribution in [0.3, 0.4) is 0 Å². The van der Waals surface area contributed by atoms with Crippen molar-refractivity contribution in [2.24, 2.45) is 0 Å². The number of carboxylic acid groups (broad SMARTS) is 1. The highest BCUT2D eigenvalue weighted by Gasteiger charge is 2.31. The van der Waals surface area contributed by atoms with Crippen LogP contribution in [0.1, 0.15) is 23.7 Å². The van der Waals surface area contributed by atoms with E-state index in [1.165, 1.54) is 19.1 Å². The Morgan fingerprint density at radius 3 is 2.52 bits per heavy atom. The van der Waals surface area contributed by atoms with Crippen LogP contribution in [-0.2, 0) is 11.2 Å². The molecule has 0 saturated carbocycles. The predicted molar refractivity (Wildman–Crippen MR) is 144 cm³/mol. The molecule has 0 unspecified atom stereocenters. The van der Waals surface area contributed by atoms with E-state index < -0.39 is 18.4 Å². The van der Waals surface area contributed by atoms with Crippen LogP contribution >= 0.6 is 0 Å². The van der Waals surface area contributed by atoms with Crippen LogP contribution in [0.15, 0.2) is 72.9 Å². The molecule has 0 bridgehead atoms. The van der Waals surface area contributed by atoms with Gasteiger partial charge < -0.3 is 23.9 Å². The normalized spacial score (nSPS) is 12.4. The summed E-state index contributed by atoms with van der Waals surface area (Å²) in [6.07, 6.45) is -3.82. The second-order valence-corrected chi connectivity index (χ2v) is 9.30. The fourth-order valence-corrected chi connectivity index (χ4v) is 4.75. The second kappa shape index (κ2) is 10.4. The number of aromatic nitrogens is 2. The lowest BCUT2D eigenvalue weighted by Gasteiger charge is -2.12. The minimum Gasteiger partial charge on any atom is -0.497 e. The van der Waals surface area contributed by atoms with E-state index in [0.717, 1.165) is 33.4 Å². The number of benzene rings is 3. The lowest BCUT2D eigenvalue weighted by molar-refractivity contribution is -0.274. The summed E-state index contributed by atoms with van der Waals surface area (Å²) in [7, 11) is 1.58. The molecule has 0 aliphatic rings. The van der Waals surface area contributed by atoms with Crippen molar-refractivity contribution >= 4 is 27.8 Å². The van der Waals surface area contributed by atoms with Gasteiger partial charge in [-0.05, 0) is 86.0 Å². The van der Waals surface area contributed by atoms with Gasteiger partial charge in [-0.3, -0.25) is 4.98 Å². The molecule has 7 nitrogen and oxygen atoms in total. The molecule has 2 heterocycles. The van der Waals surface area contributed by atoms with Crippen LogP contribution in [-0.4, -0.2) is 40.2 Å². The lowest BCUT2D eigenvalue weighted by Crippen LogP contribution is -2.22. The zero-order valence-electron chi connectivity index (χ0n) is 21.8. The molecule has 0 aliphatic carbocycles. The molecular weight excluding hydrogens is 525 g/mol. The molecule has 5 aromatic rings. The molecule has 10 heteroatoms. The molecular formula is C30H25F3N2O5. The fourth-order valence-electron chi connectivity index (χ4n) is 4.75. The highest BCUT2D eigenvalue weighted by molar-refractivity contribution is 5.90. The topological polar surface area (TPSA) is 82.8 Å². The van der Waals surface area contributed by atoms with Crippen LogP contribution in [0.2, 0.25) is 0 Å². The van der Waals surface area contributed by atoms with E-state index in [0.29, 0.717) is 28.8 Å². The molecule has 40 heavy (non-hydrogen) atoms. The second-order valence-electron chi connectivity index (χ2n) is 9.30. The lowest BCUT2D eigenvalue weighted by atomic mass is 10.0. The van der Waals surface area contributed by atoms with E-state index in [1.54, 1.807) is 37.6 Å². The first-order valence-electron chi connectivity index (χ1n) is 12.3. The largest absolute Gasteiger partial charge is 0.573 e. The van der Waals surface area contributed by atoms with Gasteiger partial charge in [0.15, 0.2) is 6.10 Å². The first-order valence-corrected chi connectivity index (χ1v) is 12.3. The number of rotatable bonds is 8. The molecule has 1 atom stereocenters. The molecule has 0 aliphatic heterocycles. The van der Waals surface area contributed by atoms with Gasteiger partial charge in [0, 0.05) is 16.5 Å². The Balaban J connectivity index is 1.64. The highest BCUT2D eigenvalue weighted by Crippen LogP contribution is 2.36. The van der Waals surface area contributed by atoms with Crippen LogP contribution in [0.5, 0.6) is 17.2 Å². The monoisotopic (exact) mass is 550 g/mol. The van der Waals surface area contributed by atoms with Crippen molar-refractivity contribution in [3.05, 3.63) is 89.7 Å². The van der Waals surface area contributed by atoms with E-state index in [9.17, 15) is 23.1 Å². The summed E-state index contributed by atoms with van der Waals surface area (Å²) >= 11 is 0. The fraction of sp³-hybridized carbons (Fsp3) is 0.200. The van der Waals surface area contributed by atoms with Gasteiger partial charge in [-0.25, -0.2) is 4.79 Å². The average molecular weight is 551 g/mol. The number of alkyl halides is 3. The van der Waals surface area contributed by atoms with Crippen molar-refractivity contribution in [2.45, 2.75) is 32.7 Å². The number of carbonyl (C=O) groups is 1. The van der Waals surface area contributed by atoms with Gasteiger partial charge in [0.1, 0.15) is 17.2 Å². The number of methoxy groups -OCH3 is 1. The number of pyridine rings is 1. The quantitative estimate of drug-likeness (QED) is 0.228. The van der Waals surface area contributed by atoms with Crippen LogP contribution in [0.4, 0.5) is 13.2 Å². The zero-order chi connectivity index (χ0) is 28.6. The third-order valence-corrected chi connectivity index (χ3v) is 6.61. The summed E-state index contributed by atoms with van der Waals surface area (Å²) in [5.41, 5.74) is 4.54. The molecule has 1 N–H and O–H groups in total. The summed E-state index contributed by atoms with van der Waals surface area (Å²) in [6.45, 7) is 3.32. The van der Waals surface area contributed by atoms with Gasteiger partial charge in [-0.2, -0.15) is 0 Å². The summed E-state index contributed by atoms with van der Waals surface area (Å²) in [6, 6.07) is 18.7. The van der Waals surface area contributed by atoms with E-state index in [4.69, 9.17) is 9.47 Å². The third-order valence-electron chi connectivity index (χ3n) is 6.61. The number of nitrogens with zero attached hydrogens (tertiary/aromatic N) is 2. The maximum atomic E-state index is 13.1. The minimum atomic E-state index is -4.83. The molecule has 0 spiro atoms. The van der Waals surface area contributed by atoms with Gasteiger partial charge in [-0.1, -0.05) is 12.1 Å². The molecule has 0 amide bonds. The minimum absolute atomic E-state index is 0.327. The number of hydrogen-bond donors (Lipinski definition) is 1. The molecule has 206 valence electrons. The first-order chi connectivity index (χ1) is 19.0. The van der Waals surface area contributed by atoms with Gasteiger partial charge in [0.2, 0.25) is 0 Å². The maximum absolute atomic E-state index is 13.1. The summed E-state index contributed by atoms with van der Waals surface area (Å²) < 4.78 is 56.2. The SMILES string of the molecule is COc1ccc2ncc(-n3c(C)c(Cc4cccc(O[C@@H](C)C(=O)O)c4)c4cc(OC(F)(F)F)ccc43)cc2c1. The molecule has 2 aromatic heterocycles. The van der Waals surface area contributed by atoms with Crippen molar-refractivity contribution in [3.63, 3.8) is 0 Å². The van der Waals surface area contributed by atoms with E-state index in [2.05, 4.69) is 9.72 Å². The number of halogens is 3. The van der Waals surface area contributed by atoms with E-state index in [1.807, 2.05) is 41.8 Å². The van der Waals surface area contributed by atoms with E-state index >= 15 is 0 Å². The van der Waals surface area contributed by atoms with Crippen LogP contribution in [0.25, 0.3) is 27.5 Å². The summed E-state index contributed by atoms with van der Waals surface area (Å²) in [5, 5.41) is 10.6. The third kappa shape index (κ3) is 5.51. The van der Waals surface area contributed by atoms with Crippen molar-refractivity contribution in [2.75, 3.05) is 7.11 Å². The van der Waals surface area contributed by atoms with Gasteiger partial charge in [-0.15, -0.1) is 13.2 Å². The Bertz CT molecular complexity index is 1730. The molecule has 0 radical (unpaired) electrons. The number of hydrogen-bond acceptors (Lipinski definition) is 5. The van der Waals surface area contributed by atoms with Gasteiger partial charge >= 0.3 is 12.3 Å². The Hall–Kier alpha value is -4.73. The smallest absolute Gasteiger partial charge is 0.497 e. The molecule has 0 saturated heterocycles. The van der Waals surface area contributed by atoms with Crippen molar-refractivity contribution < 1.29 is 37.3 Å². The number of fused-ring (bicyclic) bond motifs is 2. The van der Waals surface area contributed by atoms with Gasteiger partial charge in [0.25, 0.3) is 0 Å². The van der Waals surface area contributed by atoms with Crippen molar-refractivity contribution in [1.82, 2.24) is 9.55 Å². The van der Waals surface area contributed by atoms with Crippen LogP contribution < -0.4 is 14.2 Å². The Kier molecular flexibility index (Phi) is 7.01. The van der Waals surface area contributed by atoms with Crippen molar-refractivity contribution in [3.8, 4) is 22.9 Å². The Labute approximate surface area is 227 Å². The number of carboxylic acids is 1. The highest BCUT2D eigenvalue weighted by atomic mass is 19.4. The average Bonchev–Trinajstić information content (AvgIpc) is 3.17. The number of aliphatic carboxylic acids is 1. The van der Waals surface area contributed by atoms with E-state index in [-0.39, 0.29) is 5.75 Å². The standard InChI is InChI=1S/C30H25F3N2O5/c1-17-25(12-19-5-4-6-23(11-19)39-18(2)29(36)37)26-15-24(40-30(31,32)33)8-10-28(26)35(17)21-13-20-14-22(38-3)7-9-27(20)34-16-21/h4-11,13-16,18H,12H2,1-3H3,(H,36,37)/t18-/m0/s1.